The van der Waals surface area contributed by atoms with Crippen molar-refractivity contribution >= 4 is 16.9 Å². The van der Waals surface area contributed by atoms with Crippen LogP contribution in [0.25, 0.3) is 16.7 Å². The lowest BCUT2D eigenvalue weighted by atomic mass is 10.1. The van der Waals surface area contributed by atoms with E-state index in [1.54, 1.807) is 18.0 Å². The fourth-order valence-electron chi connectivity index (χ4n) is 3.14. The van der Waals surface area contributed by atoms with Crippen LogP contribution in [0.3, 0.4) is 0 Å². The predicted molar refractivity (Wildman–Crippen MR) is 115 cm³/mol. The van der Waals surface area contributed by atoms with Crippen LogP contribution < -0.4 is 4.74 Å². The fourth-order valence-corrected chi connectivity index (χ4v) is 3.14. The SMILES string of the molecule is COc1cccc(-n2ncc3c(N=NCc4ccc(CN(C)C)cc4)ncnc32)c1. The number of benzene rings is 2. The molecule has 0 amide bonds. The zero-order valence-electron chi connectivity index (χ0n) is 17.2. The minimum atomic E-state index is 0.484. The Labute approximate surface area is 174 Å². The van der Waals surface area contributed by atoms with E-state index in [0.29, 0.717) is 18.0 Å². The third-order valence-electron chi connectivity index (χ3n) is 4.58. The van der Waals surface area contributed by atoms with Crippen molar-refractivity contribution in [3.05, 3.63) is 72.2 Å². The van der Waals surface area contributed by atoms with Crippen LogP contribution >= 0.6 is 0 Å². The van der Waals surface area contributed by atoms with E-state index in [2.05, 4.69) is 68.6 Å². The molecule has 2 aromatic heterocycles. The van der Waals surface area contributed by atoms with Crippen LogP contribution in [0.15, 0.2) is 71.3 Å². The molecule has 0 radical (unpaired) electrons. The lowest BCUT2D eigenvalue weighted by molar-refractivity contribution is 0.402. The monoisotopic (exact) mass is 401 g/mol. The molecule has 8 heteroatoms. The molecule has 0 aliphatic carbocycles. The van der Waals surface area contributed by atoms with E-state index in [9.17, 15) is 0 Å². The number of azo groups is 1. The van der Waals surface area contributed by atoms with Crippen molar-refractivity contribution in [2.45, 2.75) is 13.1 Å². The van der Waals surface area contributed by atoms with Gasteiger partial charge in [-0.05, 0) is 37.4 Å². The molecular weight excluding hydrogens is 378 g/mol. The second-order valence-electron chi connectivity index (χ2n) is 7.15. The average molecular weight is 401 g/mol. The van der Waals surface area contributed by atoms with Crippen LogP contribution in [0.5, 0.6) is 5.75 Å². The van der Waals surface area contributed by atoms with Gasteiger partial charge < -0.3 is 9.64 Å². The van der Waals surface area contributed by atoms with Gasteiger partial charge in [0, 0.05) is 12.6 Å². The van der Waals surface area contributed by atoms with E-state index in [0.717, 1.165) is 28.9 Å². The zero-order valence-corrected chi connectivity index (χ0v) is 17.2. The van der Waals surface area contributed by atoms with Gasteiger partial charge in [0.1, 0.15) is 12.1 Å². The molecule has 0 spiro atoms. The number of aromatic nitrogens is 4. The van der Waals surface area contributed by atoms with Crippen molar-refractivity contribution in [1.29, 1.82) is 0 Å². The highest BCUT2D eigenvalue weighted by Gasteiger charge is 2.11. The molecule has 0 aliphatic heterocycles. The Morgan fingerprint density at radius 2 is 1.83 bits per heavy atom. The minimum Gasteiger partial charge on any atom is -0.497 e. The summed E-state index contributed by atoms with van der Waals surface area (Å²) in [5, 5.41) is 13.9. The van der Waals surface area contributed by atoms with Gasteiger partial charge in [0.15, 0.2) is 11.5 Å². The molecule has 4 rings (SSSR count). The quantitative estimate of drug-likeness (QED) is 0.434. The highest BCUT2D eigenvalue weighted by molar-refractivity contribution is 5.85. The van der Waals surface area contributed by atoms with Gasteiger partial charge in [0.25, 0.3) is 0 Å². The first kappa shape index (κ1) is 19.7. The number of fused-ring (bicyclic) bond motifs is 1. The van der Waals surface area contributed by atoms with Crippen LogP contribution in [-0.2, 0) is 13.1 Å². The summed E-state index contributed by atoms with van der Waals surface area (Å²) in [6.07, 6.45) is 3.18. The minimum absolute atomic E-state index is 0.484. The first-order chi connectivity index (χ1) is 14.6. The first-order valence-corrected chi connectivity index (χ1v) is 9.57. The van der Waals surface area contributed by atoms with Crippen LogP contribution in [0.2, 0.25) is 0 Å². The topological polar surface area (TPSA) is 80.8 Å². The van der Waals surface area contributed by atoms with Gasteiger partial charge in [-0.25, -0.2) is 14.6 Å². The number of hydrogen-bond acceptors (Lipinski definition) is 7. The van der Waals surface area contributed by atoms with Crippen LogP contribution in [0, 0.1) is 0 Å². The van der Waals surface area contributed by atoms with Gasteiger partial charge in [0.05, 0.1) is 30.9 Å². The average Bonchev–Trinajstić information content (AvgIpc) is 3.20. The molecule has 2 heterocycles. The number of nitrogens with zero attached hydrogens (tertiary/aromatic N) is 7. The zero-order chi connectivity index (χ0) is 20.9. The maximum atomic E-state index is 5.30. The van der Waals surface area contributed by atoms with E-state index in [1.807, 2.05) is 24.3 Å². The summed E-state index contributed by atoms with van der Waals surface area (Å²) in [6.45, 7) is 1.40. The van der Waals surface area contributed by atoms with Gasteiger partial charge in [-0.15, -0.1) is 5.11 Å². The Morgan fingerprint density at radius 3 is 2.60 bits per heavy atom. The summed E-state index contributed by atoms with van der Waals surface area (Å²) in [7, 11) is 5.75. The molecule has 0 saturated carbocycles. The maximum Gasteiger partial charge on any atom is 0.188 e. The Balaban J connectivity index is 1.54. The number of hydrogen-bond donors (Lipinski definition) is 0. The molecule has 0 saturated heterocycles. The Bertz CT molecular complexity index is 1170. The number of ether oxygens (including phenoxy) is 1. The second kappa shape index (κ2) is 8.79. The van der Waals surface area contributed by atoms with Gasteiger partial charge in [0.2, 0.25) is 0 Å². The molecule has 8 nitrogen and oxygen atoms in total. The summed E-state index contributed by atoms with van der Waals surface area (Å²) >= 11 is 0. The standard InChI is InChI=1S/C22H23N7O/c1-28(2)14-17-9-7-16(8-10-17)12-25-27-21-20-13-26-29(22(20)24-15-23-21)18-5-4-6-19(11-18)30-3/h4-11,13,15H,12,14H2,1-3H3. The fraction of sp³-hybridized carbons (Fsp3) is 0.227. The van der Waals surface area contributed by atoms with Crippen molar-refractivity contribution in [3.8, 4) is 11.4 Å². The molecule has 0 atom stereocenters. The number of rotatable bonds is 7. The molecule has 0 N–H and O–H groups in total. The van der Waals surface area contributed by atoms with E-state index in [1.165, 1.54) is 11.9 Å². The summed E-state index contributed by atoms with van der Waals surface area (Å²) in [4.78, 5) is 10.8. The van der Waals surface area contributed by atoms with Gasteiger partial charge in [-0.2, -0.15) is 10.2 Å². The first-order valence-electron chi connectivity index (χ1n) is 9.57. The summed E-state index contributed by atoms with van der Waals surface area (Å²) in [5.41, 5.74) is 3.88. The normalized spacial score (nSPS) is 11.6. The molecule has 0 fully saturated rings. The number of methoxy groups -OCH3 is 1. The third-order valence-corrected chi connectivity index (χ3v) is 4.58. The van der Waals surface area contributed by atoms with Crippen LogP contribution in [0.4, 0.5) is 5.82 Å². The van der Waals surface area contributed by atoms with Gasteiger partial charge >= 0.3 is 0 Å². The lowest BCUT2D eigenvalue weighted by Gasteiger charge is -2.09. The van der Waals surface area contributed by atoms with E-state index in [4.69, 9.17) is 4.74 Å². The lowest BCUT2D eigenvalue weighted by Crippen LogP contribution is -2.10. The van der Waals surface area contributed by atoms with Gasteiger partial charge in [-0.1, -0.05) is 30.3 Å². The molecule has 30 heavy (non-hydrogen) atoms. The Hall–Kier alpha value is -3.65. The van der Waals surface area contributed by atoms with Crippen molar-refractivity contribution in [1.82, 2.24) is 24.6 Å². The maximum absolute atomic E-state index is 5.30. The van der Waals surface area contributed by atoms with E-state index < -0.39 is 0 Å². The predicted octanol–water partition coefficient (Wildman–Crippen LogP) is 4.17. The van der Waals surface area contributed by atoms with Crippen molar-refractivity contribution in [2.75, 3.05) is 21.2 Å². The highest BCUT2D eigenvalue weighted by atomic mass is 16.5. The largest absolute Gasteiger partial charge is 0.497 e. The van der Waals surface area contributed by atoms with Crippen molar-refractivity contribution in [2.24, 2.45) is 10.2 Å². The molecule has 0 unspecified atom stereocenters. The summed E-state index contributed by atoms with van der Waals surface area (Å²) in [5.74, 6) is 1.25. The second-order valence-corrected chi connectivity index (χ2v) is 7.15. The smallest absolute Gasteiger partial charge is 0.188 e. The molecule has 152 valence electrons. The Kier molecular flexibility index (Phi) is 5.76. The molecule has 0 aliphatic rings. The Morgan fingerprint density at radius 1 is 1.03 bits per heavy atom. The van der Waals surface area contributed by atoms with Crippen molar-refractivity contribution in [3.63, 3.8) is 0 Å². The highest BCUT2D eigenvalue weighted by Crippen LogP contribution is 2.25. The summed E-state index contributed by atoms with van der Waals surface area (Å²) < 4.78 is 7.04. The van der Waals surface area contributed by atoms with Gasteiger partial charge in [-0.3, -0.25) is 0 Å². The van der Waals surface area contributed by atoms with E-state index >= 15 is 0 Å². The molecule has 2 aromatic carbocycles. The molecule has 0 bridgehead atoms. The third kappa shape index (κ3) is 4.33. The molecule has 4 aromatic rings. The van der Waals surface area contributed by atoms with Crippen LogP contribution in [0.1, 0.15) is 11.1 Å². The summed E-state index contributed by atoms with van der Waals surface area (Å²) in [6, 6.07) is 16.0. The van der Waals surface area contributed by atoms with Crippen molar-refractivity contribution < 1.29 is 4.74 Å². The van der Waals surface area contributed by atoms with E-state index in [-0.39, 0.29) is 0 Å². The van der Waals surface area contributed by atoms with Crippen LogP contribution in [-0.4, -0.2) is 45.9 Å². The molecular formula is C22H23N7O.